The molecule has 1 N–H and O–H groups in total. The van der Waals surface area contributed by atoms with E-state index in [1.54, 1.807) is 6.20 Å². The summed E-state index contributed by atoms with van der Waals surface area (Å²) < 4.78 is 14.0. The Balaban J connectivity index is 1.72. The predicted molar refractivity (Wildman–Crippen MR) is 76.9 cm³/mol. The number of nitrogens with zero attached hydrogens (tertiary/aromatic N) is 1. The zero-order chi connectivity index (χ0) is 13.5. The summed E-state index contributed by atoms with van der Waals surface area (Å²) >= 11 is 0. The summed E-state index contributed by atoms with van der Waals surface area (Å²) in [7, 11) is 0. The van der Waals surface area contributed by atoms with Crippen LogP contribution in [0, 0.1) is 5.95 Å². The lowest BCUT2D eigenvalue weighted by molar-refractivity contribution is 0.502. The Kier molecular flexibility index (Phi) is 2.81. The van der Waals surface area contributed by atoms with Gasteiger partial charge in [-0.2, -0.15) is 4.39 Å². The molecule has 1 aromatic carbocycles. The number of hydrogen-bond donors (Lipinski definition) is 1. The SMILES string of the molecule is Fc1ncc([C@@H]2C[C@H]3CC[C@@H]2N3)cc1-c1ccccc1. The van der Waals surface area contributed by atoms with Gasteiger partial charge in [-0.15, -0.1) is 0 Å². The van der Waals surface area contributed by atoms with Crippen LogP contribution >= 0.6 is 0 Å². The normalized spacial score (nSPS) is 27.9. The van der Waals surface area contributed by atoms with Crippen molar-refractivity contribution in [3.8, 4) is 11.1 Å². The van der Waals surface area contributed by atoms with Gasteiger partial charge in [0, 0.05) is 29.8 Å². The minimum Gasteiger partial charge on any atom is -0.311 e. The summed E-state index contributed by atoms with van der Waals surface area (Å²) in [5.41, 5.74) is 2.69. The van der Waals surface area contributed by atoms with Crippen LogP contribution in [0.2, 0.25) is 0 Å². The number of hydrogen-bond acceptors (Lipinski definition) is 2. The van der Waals surface area contributed by atoms with Gasteiger partial charge < -0.3 is 5.32 Å². The van der Waals surface area contributed by atoms with Crippen molar-refractivity contribution in [1.82, 2.24) is 10.3 Å². The van der Waals surface area contributed by atoms with E-state index in [0.717, 1.165) is 12.0 Å². The zero-order valence-electron chi connectivity index (χ0n) is 11.2. The number of aromatic nitrogens is 1. The molecule has 0 radical (unpaired) electrons. The second-order valence-electron chi connectivity index (χ2n) is 5.86. The maximum atomic E-state index is 14.0. The summed E-state index contributed by atoms with van der Waals surface area (Å²) in [5.74, 6) is 0.111. The van der Waals surface area contributed by atoms with Crippen LogP contribution in [-0.2, 0) is 0 Å². The molecule has 2 aliphatic heterocycles. The topological polar surface area (TPSA) is 24.9 Å². The molecule has 1 aromatic heterocycles. The third-order valence-corrected chi connectivity index (χ3v) is 4.67. The van der Waals surface area contributed by atoms with E-state index in [1.165, 1.54) is 18.4 Å². The van der Waals surface area contributed by atoms with Crippen LogP contribution in [0.1, 0.15) is 30.7 Å². The fraction of sp³-hybridized carbons (Fsp3) is 0.353. The lowest BCUT2D eigenvalue weighted by atomic mass is 9.84. The van der Waals surface area contributed by atoms with Gasteiger partial charge in [0.1, 0.15) is 0 Å². The van der Waals surface area contributed by atoms with Crippen LogP contribution in [0.3, 0.4) is 0 Å². The van der Waals surface area contributed by atoms with Crippen LogP contribution < -0.4 is 5.32 Å². The fourth-order valence-corrected chi connectivity index (χ4v) is 3.68. The molecule has 3 heterocycles. The molecule has 2 saturated heterocycles. The summed E-state index contributed by atoms with van der Waals surface area (Å²) in [6.07, 6.45) is 5.38. The molecule has 102 valence electrons. The summed E-state index contributed by atoms with van der Waals surface area (Å²) in [6.45, 7) is 0. The number of fused-ring (bicyclic) bond motifs is 2. The number of rotatable bonds is 2. The first-order valence-electron chi connectivity index (χ1n) is 7.28. The molecule has 20 heavy (non-hydrogen) atoms. The van der Waals surface area contributed by atoms with E-state index in [1.807, 2.05) is 36.4 Å². The van der Waals surface area contributed by atoms with E-state index in [0.29, 0.717) is 23.6 Å². The summed E-state index contributed by atoms with van der Waals surface area (Å²) in [5, 5.41) is 3.63. The highest BCUT2D eigenvalue weighted by atomic mass is 19.1. The van der Waals surface area contributed by atoms with Gasteiger partial charge in [-0.25, -0.2) is 4.98 Å². The monoisotopic (exact) mass is 268 g/mol. The Morgan fingerprint density at radius 3 is 2.70 bits per heavy atom. The molecule has 0 saturated carbocycles. The molecule has 4 rings (SSSR count). The molecule has 3 atom stereocenters. The quantitative estimate of drug-likeness (QED) is 0.843. The van der Waals surface area contributed by atoms with Gasteiger partial charge >= 0.3 is 0 Å². The van der Waals surface area contributed by atoms with Gasteiger partial charge in [0.15, 0.2) is 0 Å². The highest BCUT2D eigenvalue weighted by Gasteiger charge is 2.39. The maximum Gasteiger partial charge on any atom is 0.220 e. The van der Waals surface area contributed by atoms with E-state index in [2.05, 4.69) is 10.3 Å². The second kappa shape index (κ2) is 4.67. The first-order valence-corrected chi connectivity index (χ1v) is 7.28. The Bertz CT molecular complexity index is 626. The van der Waals surface area contributed by atoms with E-state index < -0.39 is 0 Å². The lowest BCUT2D eigenvalue weighted by Crippen LogP contribution is -2.21. The molecule has 2 fully saturated rings. The number of benzene rings is 1. The molecule has 0 amide bonds. The predicted octanol–water partition coefficient (Wildman–Crippen LogP) is 3.50. The molecule has 2 bridgehead atoms. The lowest BCUT2D eigenvalue weighted by Gasteiger charge is -2.20. The molecule has 0 aliphatic carbocycles. The standard InChI is InChI=1S/C17H17FN2/c18-17-15(11-4-2-1-3-5-11)8-12(10-19-17)14-9-13-6-7-16(14)20-13/h1-5,8,10,13-14,16,20H,6-7,9H2/t13-,14+,16+/m1/s1. The average molecular weight is 268 g/mol. The van der Waals surface area contributed by atoms with Crippen LogP contribution in [0.25, 0.3) is 11.1 Å². The molecule has 0 unspecified atom stereocenters. The van der Waals surface area contributed by atoms with Crippen LogP contribution in [0.15, 0.2) is 42.6 Å². The van der Waals surface area contributed by atoms with Crippen molar-refractivity contribution in [1.29, 1.82) is 0 Å². The molecule has 2 aromatic rings. The van der Waals surface area contributed by atoms with Gasteiger partial charge in [0.2, 0.25) is 5.95 Å². The number of pyridine rings is 1. The third-order valence-electron chi connectivity index (χ3n) is 4.67. The van der Waals surface area contributed by atoms with Gasteiger partial charge in [-0.1, -0.05) is 30.3 Å². The molecular formula is C17H17FN2. The van der Waals surface area contributed by atoms with Crippen molar-refractivity contribution in [2.75, 3.05) is 0 Å². The van der Waals surface area contributed by atoms with Crippen LogP contribution in [0.5, 0.6) is 0 Å². The van der Waals surface area contributed by atoms with Crippen molar-refractivity contribution in [3.63, 3.8) is 0 Å². The largest absolute Gasteiger partial charge is 0.311 e. The van der Waals surface area contributed by atoms with Crippen LogP contribution in [-0.4, -0.2) is 17.1 Å². The number of halogens is 1. The molecular weight excluding hydrogens is 251 g/mol. The minimum absolute atomic E-state index is 0.379. The van der Waals surface area contributed by atoms with Crippen molar-refractivity contribution in [3.05, 3.63) is 54.1 Å². The molecule has 3 heteroatoms. The smallest absolute Gasteiger partial charge is 0.220 e. The van der Waals surface area contributed by atoms with Gasteiger partial charge in [-0.05, 0) is 36.5 Å². The third kappa shape index (κ3) is 1.93. The van der Waals surface area contributed by atoms with Crippen molar-refractivity contribution < 1.29 is 4.39 Å². The highest BCUT2D eigenvalue weighted by Crippen LogP contribution is 2.40. The average Bonchev–Trinajstić information content (AvgIpc) is 3.11. The van der Waals surface area contributed by atoms with Gasteiger partial charge in [0.05, 0.1) is 0 Å². The van der Waals surface area contributed by atoms with E-state index in [9.17, 15) is 4.39 Å². The Morgan fingerprint density at radius 2 is 2.00 bits per heavy atom. The summed E-state index contributed by atoms with van der Waals surface area (Å²) in [4.78, 5) is 3.99. The van der Waals surface area contributed by atoms with E-state index >= 15 is 0 Å². The highest BCUT2D eigenvalue weighted by molar-refractivity contribution is 5.63. The minimum atomic E-state index is -0.379. The zero-order valence-corrected chi connectivity index (χ0v) is 11.2. The molecule has 2 aliphatic rings. The van der Waals surface area contributed by atoms with Crippen molar-refractivity contribution >= 4 is 0 Å². The maximum absolute atomic E-state index is 14.0. The van der Waals surface area contributed by atoms with Crippen molar-refractivity contribution in [2.45, 2.75) is 37.3 Å². The number of nitrogens with one attached hydrogen (secondary N) is 1. The van der Waals surface area contributed by atoms with E-state index in [4.69, 9.17) is 0 Å². The van der Waals surface area contributed by atoms with Gasteiger partial charge in [-0.3, -0.25) is 0 Å². The van der Waals surface area contributed by atoms with Crippen molar-refractivity contribution in [2.24, 2.45) is 0 Å². The van der Waals surface area contributed by atoms with Crippen LogP contribution in [0.4, 0.5) is 4.39 Å². The van der Waals surface area contributed by atoms with Gasteiger partial charge in [0.25, 0.3) is 0 Å². The molecule has 0 spiro atoms. The first kappa shape index (κ1) is 12.0. The fourth-order valence-electron chi connectivity index (χ4n) is 3.68. The Labute approximate surface area is 118 Å². The second-order valence-corrected chi connectivity index (χ2v) is 5.86. The summed E-state index contributed by atoms with van der Waals surface area (Å²) in [6, 6.07) is 12.9. The Hall–Kier alpha value is -1.74. The molecule has 2 nitrogen and oxygen atoms in total. The first-order chi connectivity index (χ1) is 9.81. The Morgan fingerprint density at radius 1 is 1.15 bits per heavy atom. The van der Waals surface area contributed by atoms with E-state index in [-0.39, 0.29) is 5.95 Å².